The molecule has 0 N–H and O–H groups in total. The molecule has 6 heteroatoms. The van der Waals surface area contributed by atoms with E-state index in [-0.39, 0.29) is 22.4 Å². The van der Waals surface area contributed by atoms with Crippen LogP contribution in [0.5, 0.6) is 0 Å². The number of Topliss-reactive ketones (excluding diaryl/α,β-unsaturated/α-hetero) is 1. The lowest BCUT2D eigenvalue weighted by Crippen LogP contribution is -2.34. The van der Waals surface area contributed by atoms with Crippen LogP contribution in [0, 0.1) is 10.1 Å². The van der Waals surface area contributed by atoms with Gasteiger partial charge in [-0.15, -0.1) is 0 Å². The fraction of sp³-hybridized carbons (Fsp3) is 0.0833. The predicted molar refractivity (Wildman–Crippen MR) is 111 cm³/mol. The zero-order chi connectivity index (χ0) is 20.6. The Morgan fingerprint density at radius 2 is 1.70 bits per heavy atom. The lowest BCUT2D eigenvalue weighted by Gasteiger charge is -2.23. The van der Waals surface area contributed by atoms with Crippen LogP contribution in [-0.2, 0) is 11.8 Å². The van der Waals surface area contributed by atoms with Crippen LogP contribution >= 0.6 is 0 Å². The number of aromatic nitrogens is 1. The molecular weight excluding hydrogens is 380 g/mol. The normalized spacial score (nSPS) is 18.5. The Morgan fingerprint density at radius 1 is 0.933 bits per heavy atom. The smallest absolute Gasteiger partial charge is 0.270 e. The molecule has 0 amide bonds. The van der Waals surface area contributed by atoms with Gasteiger partial charge < -0.3 is 0 Å². The standard InChI is InChI=1S/C24H14N2O4/c27-22-17-6-2-1-5-15(17)13-24(22)19-7-3-4-8-20(19)25-21(24)11-14-9-10-16(26(29)30)12-18(14)23(25)28/h1-12H,13H2. The molecule has 0 saturated heterocycles. The summed E-state index contributed by atoms with van der Waals surface area (Å²) in [7, 11) is 0. The zero-order valence-electron chi connectivity index (χ0n) is 15.7. The molecule has 1 atom stereocenters. The Morgan fingerprint density at radius 3 is 2.50 bits per heavy atom. The van der Waals surface area contributed by atoms with Gasteiger partial charge in [-0.1, -0.05) is 42.5 Å². The van der Waals surface area contributed by atoms with Crippen molar-refractivity contribution in [3.63, 3.8) is 0 Å². The van der Waals surface area contributed by atoms with Crippen molar-refractivity contribution in [1.82, 2.24) is 4.57 Å². The highest BCUT2D eigenvalue weighted by Gasteiger charge is 2.54. The lowest BCUT2D eigenvalue weighted by atomic mass is 9.75. The van der Waals surface area contributed by atoms with Gasteiger partial charge in [-0.25, -0.2) is 0 Å². The van der Waals surface area contributed by atoms with Crippen LogP contribution in [0.2, 0.25) is 0 Å². The number of nitro groups is 1. The Balaban J connectivity index is 1.74. The number of hydrogen-bond acceptors (Lipinski definition) is 4. The Bertz CT molecular complexity index is 1500. The van der Waals surface area contributed by atoms with Crippen molar-refractivity contribution in [2.24, 2.45) is 0 Å². The number of carbonyl (C=O) groups excluding carboxylic acids is 1. The average Bonchev–Trinajstić information content (AvgIpc) is 3.21. The summed E-state index contributed by atoms with van der Waals surface area (Å²) in [5.74, 6) is -0.0162. The molecule has 2 aliphatic rings. The quantitative estimate of drug-likeness (QED) is 0.362. The van der Waals surface area contributed by atoms with Crippen molar-refractivity contribution in [2.45, 2.75) is 11.8 Å². The molecule has 1 spiro atoms. The Labute approximate surface area is 170 Å². The zero-order valence-corrected chi connectivity index (χ0v) is 15.7. The van der Waals surface area contributed by atoms with E-state index in [2.05, 4.69) is 0 Å². The predicted octanol–water partition coefficient (Wildman–Crippen LogP) is 3.94. The third-order valence-corrected chi connectivity index (χ3v) is 6.36. The summed E-state index contributed by atoms with van der Waals surface area (Å²) >= 11 is 0. The van der Waals surface area contributed by atoms with Crippen LogP contribution in [0.15, 0.2) is 77.6 Å². The summed E-state index contributed by atoms with van der Waals surface area (Å²) < 4.78 is 1.56. The minimum atomic E-state index is -0.963. The van der Waals surface area contributed by atoms with Crippen molar-refractivity contribution in [2.75, 3.05) is 0 Å². The molecule has 0 bridgehead atoms. The maximum atomic E-state index is 13.7. The molecule has 6 nitrogen and oxygen atoms in total. The van der Waals surface area contributed by atoms with Gasteiger partial charge in [-0.05, 0) is 41.1 Å². The molecule has 144 valence electrons. The fourth-order valence-electron chi connectivity index (χ4n) is 5.05. The highest BCUT2D eigenvalue weighted by molar-refractivity contribution is 6.12. The third kappa shape index (κ3) is 1.88. The van der Waals surface area contributed by atoms with Crippen molar-refractivity contribution in [1.29, 1.82) is 0 Å². The van der Waals surface area contributed by atoms with Crippen LogP contribution in [0.1, 0.15) is 27.2 Å². The second-order valence-corrected chi connectivity index (χ2v) is 7.78. The SMILES string of the molecule is O=C1c2ccccc2CC12c1ccccc1-n1c2cc2ccc([N+](=O)[O-])cc2c1=O. The number of para-hydroxylation sites is 1. The highest BCUT2D eigenvalue weighted by atomic mass is 16.6. The first-order chi connectivity index (χ1) is 14.5. The number of nitrogens with zero attached hydrogens (tertiary/aromatic N) is 2. The summed E-state index contributed by atoms with van der Waals surface area (Å²) in [6.07, 6.45) is 0.483. The van der Waals surface area contributed by atoms with Crippen molar-refractivity contribution in [3.8, 4) is 5.69 Å². The number of carbonyl (C=O) groups is 1. The molecule has 6 rings (SSSR count). The van der Waals surface area contributed by atoms with Gasteiger partial charge in [0.25, 0.3) is 11.2 Å². The Hall–Kier alpha value is -4.06. The first-order valence-corrected chi connectivity index (χ1v) is 9.60. The van der Waals surface area contributed by atoms with Crippen LogP contribution in [-0.4, -0.2) is 15.3 Å². The minimum absolute atomic E-state index is 0.0162. The van der Waals surface area contributed by atoms with E-state index in [1.54, 1.807) is 10.6 Å². The summed E-state index contributed by atoms with van der Waals surface area (Å²) in [6.45, 7) is 0. The number of non-ortho nitro benzene ring substituents is 1. The maximum Gasteiger partial charge on any atom is 0.270 e. The Kier molecular flexibility index (Phi) is 3.09. The topological polar surface area (TPSA) is 82.2 Å². The van der Waals surface area contributed by atoms with Crippen molar-refractivity contribution in [3.05, 3.63) is 116 Å². The highest BCUT2D eigenvalue weighted by Crippen LogP contribution is 2.50. The largest absolute Gasteiger partial charge is 0.293 e. The molecule has 3 aromatic carbocycles. The first kappa shape index (κ1) is 16.9. The van der Waals surface area contributed by atoms with Crippen LogP contribution in [0.3, 0.4) is 0 Å². The van der Waals surface area contributed by atoms with E-state index in [1.807, 2.05) is 54.6 Å². The van der Waals surface area contributed by atoms with E-state index < -0.39 is 10.3 Å². The second-order valence-electron chi connectivity index (χ2n) is 7.78. The number of fused-ring (bicyclic) bond motifs is 7. The summed E-state index contributed by atoms with van der Waals surface area (Å²) in [4.78, 5) is 37.9. The molecule has 0 fully saturated rings. The first-order valence-electron chi connectivity index (χ1n) is 9.60. The molecule has 4 aromatic rings. The van der Waals surface area contributed by atoms with Crippen LogP contribution < -0.4 is 5.56 Å². The number of hydrogen-bond donors (Lipinski definition) is 0. The molecule has 2 heterocycles. The van der Waals surface area contributed by atoms with E-state index in [4.69, 9.17) is 0 Å². The molecular formula is C24H14N2O4. The molecule has 30 heavy (non-hydrogen) atoms. The van der Waals surface area contributed by atoms with Gasteiger partial charge in [0.1, 0.15) is 5.41 Å². The van der Waals surface area contributed by atoms with Gasteiger partial charge in [0.2, 0.25) is 0 Å². The van der Waals surface area contributed by atoms with Gasteiger partial charge in [0.15, 0.2) is 5.78 Å². The summed E-state index contributed by atoms with van der Waals surface area (Å²) in [5.41, 5.74) is 2.27. The van der Waals surface area contributed by atoms with Gasteiger partial charge in [0.05, 0.1) is 16.0 Å². The molecule has 1 aliphatic carbocycles. The van der Waals surface area contributed by atoms with E-state index >= 15 is 0 Å². The minimum Gasteiger partial charge on any atom is -0.293 e. The van der Waals surface area contributed by atoms with Crippen LogP contribution in [0.4, 0.5) is 5.69 Å². The summed E-state index contributed by atoms with van der Waals surface area (Å²) in [6, 6.07) is 21.1. The fourth-order valence-corrected chi connectivity index (χ4v) is 5.05. The molecule has 0 saturated carbocycles. The molecule has 1 unspecified atom stereocenters. The van der Waals surface area contributed by atoms with E-state index in [0.29, 0.717) is 28.8 Å². The van der Waals surface area contributed by atoms with E-state index in [0.717, 1.165) is 11.1 Å². The molecule has 1 aliphatic heterocycles. The van der Waals surface area contributed by atoms with Crippen LogP contribution in [0.25, 0.3) is 16.5 Å². The third-order valence-electron chi connectivity index (χ3n) is 6.36. The lowest BCUT2D eigenvalue weighted by molar-refractivity contribution is -0.384. The number of rotatable bonds is 1. The number of nitro benzene ring substituents is 1. The van der Waals surface area contributed by atoms with E-state index in [1.165, 1.54) is 12.1 Å². The number of pyridine rings is 1. The summed E-state index contributed by atoms with van der Waals surface area (Å²) in [5, 5.41) is 12.1. The van der Waals surface area contributed by atoms with Gasteiger partial charge >= 0.3 is 0 Å². The van der Waals surface area contributed by atoms with Gasteiger partial charge in [0, 0.05) is 23.4 Å². The number of benzene rings is 3. The van der Waals surface area contributed by atoms with Gasteiger partial charge in [-0.3, -0.25) is 24.3 Å². The second kappa shape index (κ2) is 5.51. The maximum absolute atomic E-state index is 13.7. The monoisotopic (exact) mass is 394 g/mol. The van der Waals surface area contributed by atoms with Gasteiger partial charge in [-0.2, -0.15) is 0 Å². The van der Waals surface area contributed by atoms with E-state index in [9.17, 15) is 19.7 Å². The van der Waals surface area contributed by atoms with Crippen molar-refractivity contribution < 1.29 is 9.72 Å². The van der Waals surface area contributed by atoms with Crippen molar-refractivity contribution >= 4 is 22.2 Å². The molecule has 0 radical (unpaired) electrons. The number of ketones is 1. The molecule has 1 aromatic heterocycles. The average molecular weight is 394 g/mol.